The Morgan fingerprint density at radius 3 is 2.62 bits per heavy atom. The minimum absolute atomic E-state index is 0.325. The van der Waals surface area contributed by atoms with E-state index in [0.29, 0.717) is 18.6 Å². The first-order valence-electron chi connectivity index (χ1n) is 4.58. The van der Waals surface area contributed by atoms with Gasteiger partial charge >= 0.3 is 0 Å². The van der Waals surface area contributed by atoms with E-state index in [1.165, 1.54) is 4.88 Å². The fourth-order valence-corrected chi connectivity index (χ4v) is 2.00. The molecule has 0 atom stereocenters. The molecule has 1 rings (SSSR count). The molecule has 0 unspecified atom stereocenters. The molecule has 0 spiro atoms. The Balaban J connectivity index is 2.50. The van der Waals surface area contributed by atoms with Crippen LogP contribution in [0.5, 0.6) is 0 Å². The van der Waals surface area contributed by atoms with Gasteiger partial charge in [-0.3, -0.25) is 4.79 Å². The van der Waals surface area contributed by atoms with Crippen LogP contribution < -0.4 is 0 Å². The number of aromatic nitrogens is 1. The van der Waals surface area contributed by atoms with Crippen molar-refractivity contribution in [2.45, 2.75) is 40.0 Å². The Labute approximate surface area is 83.0 Å². The largest absolute Gasteiger partial charge is 0.300 e. The standard InChI is InChI=1S/C10H15NOS/c1-4-9(12)5-6-10-11-7(2)8(3)13-10/h4-6H2,1-3H3. The molecule has 0 aliphatic carbocycles. The minimum Gasteiger partial charge on any atom is -0.300 e. The number of thiazole rings is 1. The topological polar surface area (TPSA) is 30.0 Å². The lowest BCUT2D eigenvalue weighted by Gasteiger charge is -1.93. The molecule has 0 bridgehead atoms. The summed E-state index contributed by atoms with van der Waals surface area (Å²) in [7, 11) is 0. The quantitative estimate of drug-likeness (QED) is 0.742. The molecule has 0 aromatic carbocycles. The molecule has 0 radical (unpaired) electrons. The van der Waals surface area contributed by atoms with Gasteiger partial charge in [0, 0.05) is 24.1 Å². The van der Waals surface area contributed by atoms with Crippen LogP contribution in [0.15, 0.2) is 0 Å². The predicted octanol–water partition coefficient (Wildman–Crippen LogP) is 2.67. The second kappa shape index (κ2) is 4.51. The van der Waals surface area contributed by atoms with Gasteiger partial charge in [-0.2, -0.15) is 0 Å². The van der Waals surface area contributed by atoms with Gasteiger partial charge in [0.2, 0.25) is 0 Å². The van der Waals surface area contributed by atoms with Gasteiger partial charge in [-0.15, -0.1) is 11.3 Å². The summed E-state index contributed by atoms with van der Waals surface area (Å²) in [6, 6.07) is 0. The van der Waals surface area contributed by atoms with Crippen molar-refractivity contribution in [2.24, 2.45) is 0 Å². The van der Waals surface area contributed by atoms with Gasteiger partial charge in [0.1, 0.15) is 5.78 Å². The maximum atomic E-state index is 11.1. The van der Waals surface area contributed by atoms with Crippen LogP contribution in [0.2, 0.25) is 0 Å². The number of aryl methyl sites for hydroxylation is 3. The predicted molar refractivity (Wildman–Crippen MR) is 55.2 cm³/mol. The van der Waals surface area contributed by atoms with E-state index < -0.39 is 0 Å². The van der Waals surface area contributed by atoms with E-state index in [9.17, 15) is 4.79 Å². The summed E-state index contributed by atoms with van der Waals surface area (Å²) < 4.78 is 0. The lowest BCUT2D eigenvalue weighted by Crippen LogP contribution is -1.97. The molecule has 13 heavy (non-hydrogen) atoms. The third kappa shape index (κ3) is 2.92. The van der Waals surface area contributed by atoms with Crippen molar-refractivity contribution in [2.75, 3.05) is 0 Å². The monoisotopic (exact) mass is 197 g/mol. The van der Waals surface area contributed by atoms with Crippen molar-refractivity contribution in [3.8, 4) is 0 Å². The first-order valence-corrected chi connectivity index (χ1v) is 5.39. The normalized spacial score (nSPS) is 10.4. The molecule has 0 amide bonds. The fraction of sp³-hybridized carbons (Fsp3) is 0.600. The zero-order valence-electron chi connectivity index (χ0n) is 8.39. The summed E-state index contributed by atoms with van der Waals surface area (Å²) in [5.41, 5.74) is 1.10. The minimum atomic E-state index is 0.325. The number of hydrogen-bond acceptors (Lipinski definition) is 3. The summed E-state index contributed by atoms with van der Waals surface area (Å²) in [6.45, 7) is 5.98. The van der Waals surface area contributed by atoms with E-state index >= 15 is 0 Å². The summed E-state index contributed by atoms with van der Waals surface area (Å²) in [5, 5.41) is 1.09. The third-order valence-corrected chi connectivity index (χ3v) is 3.22. The highest BCUT2D eigenvalue weighted by Crippen LogP contribution is 2.17. The fourth-order valence-electron chi connectivity index (χ4n) is 1.07. The van der Waals surface area contributed by atoms with E-state index in [2.05, 4.69) is 11.9 Å². The number of Topliss-reactive ketones (excluding diaryl/α,β-unsaturated/α-hetero) is 1. The molecular formula is C10H15NOS. The summed E-state index contributed by atoms with van der Waals surface area (Å²) >= 11 is 1.70. The number of carbonyl (C=O) groups is 1. The van der Waals surface area contributed by atoms with Gasteiger partial charge in [-0.25, -0.2) is 4.98 Å². The Hall–Kier alpha value is -0.700. The van der Waals surface area contributed by atoms with Crippen molar-refractivity contribution < 1.29 is 4.79 Å². The van der Waals surface area contributed by atoms with Crippen molar-refractivity contribution in [3.05, 3.63) is 15.6 Å². The van der Waals surface area contributed by atoms with E-state index in [-0.39, 0.29) is 0 Å². The molecule has 0 fully saturated rings. The third-order valence-electron chi connectivity index (χ3n) is 2.08. The molecule has 0 aliphatic rings. The van der Waals surface area contributed by atoms with Crippen molar-refractivity contribution in [3.63, 3.8) is 0 Å². The van der Waals surface area contributed by atoms with Crippen LogP contribution in [-0.4, -0.2) is 10.8 Å². The molecule has 3 heteroatoms. The van der Waals surface area contributed by atoms with Gasteiger partial charge < -0.3 is 0 Å². The van der Waals surface area contributed by atoms with Crippen LogP contribution in [0.4, 0.5) is 0 Å². The lowest BCUT2D eigenvalue weighted by atomic mass is 10.2. The number of hydrogen-bond donors (Lipinski definition) is 0. The Morgan fingerprint density at radius 1 is 1.46 bits per heavy atom. The highest BCUT2D eigenvalue weighted by molar-refractivity contribution is 7.11. The number of carbonyl (C=O) groups excluding carboxylic acids is 1. The van der Waals surface area contributed by atoms with Gasteiger partial charge in [0.25, 0.3) is 0 Å². The number of nitrogens with zero attached hydrogens (tertiary/aromatic N) is 1. The smallest absolute Gasteiger partial charge is 0.133 e. The average Bonchev–Trinajstić information content (AvgIpc) is 2.42. The summed E-state index contributed by atoms with van der Waals surface area (Å²) in [5.74, 6) is 0.325. The molecule has 1 aromatic heterocycles. The first kappa shape index (κ1) is 10.4. The maximum absolute atomic E-state index is 11.1. The Morgan fingerprint density at radius 2 is 2.15 bits per heavy atom. The summed E-state index contributed by atoms with van der Waals surface area (Å²) in [4.78, 5) is 16.7. The van der Waals surface area contributed by atoms with Gasteiger partial charge in [0.15, 0.2) is 0 Å². The van der Waals surface area contributed by atoms with Crippen LogP contribution in [0.3, 0.4) is 0 Å². The maximum Gasteiger partial charge on any atom is 0.133 e. The highest BCUT2D eigenvalue weighted by atomic mass is 32.1. The lowest BCUT2D eigenvalue weighted by molar-refractivity contribution is -0.118. The highest BCUT2D eigenvalue weighted by Gasteiger charge is 2.05. The SMILES string of the molecule is CCC(=O)CCc1nc(C)c(C)s1. The van der Waals surface area contributed by atoms with Crippen molar-refractivity contribution in [1.82, 2.24) is 4.98 Å². The molecule has 2 nitrogen and oxygen atoms in total. The molecule has 1 aromatic rings. The Kier molecular flexibility index (Phi) is 3.60. The molecule has 1 heterocycles. The van der Waals surface area contributed by atoms with Crippen LogP contribution in [0.25, 0.3) is 0 Å². The molecule has 72 valence electrons. The van der Waals surface area contributed by atoms with Crippen molar-refractivity contribution >= 4 is 17.1 Å². The molecule has 0 aliphatic heterocycles. The average molecular weight is 197 g/mol. The van der Waals surface area contributed by atoms with Crippen LogP contribution in [0, 0.1) is 13.8 Å². The zero-order chi connectivity index (χ0) is 9.84. The summed E-state index contributed by atoms with van der Waals surface area (Å²) in [6.07, 6.45) is 2.10. The van der Waals surface area contributed by atoms with Gasteiger partial charge in [0.05, 0.1) is 10.7 Å². The Bertz CT molecular complexity index is 284. The van der Waals surface area contributed by atoms with Crippen molar-refractivity contribution in [1.29, 1.82) is 0 Å². The first-order chi connectivity index (χ1) is 6.13. The van der Waals surface area contributed by atoms with E-state index in [0.717, 1.165) is 17.1 Å². The van der Waals surface area contributed by atoms with Gasteiger partial charge in [-0.05, 0) is 13.8 Å². The second-order valence-electron chi connectivity index (χ2n) is 3.14. The van der Waals surface area contributed by atoms with E-state index in [1.807, 2.05) is 13.8 Å². The second-order valence-corrected chi connectivity index (χ2v) is 4.43. The molecular weight excluding hydrogens is 182 g/mol. The van der Waals surface area contributed by atoms with E-state index in [1.54, 1.807) is 11.3 Å². The molecule has 0 saturated heterocycles. The van der Waals surface area contributed by atoms with Crippen LogP contribution in [-0.2, 0) is 11.2 Å². The van der Waals surface area contributed by atoms with Gasteiger partial charge in [-0.1, -0.05) is 6.92 Å². The van der Waals surface area contributed by atoms with Crippen LogP contribution in [0.1, 0.15) is 35.3 Å². The van der Waals surface area contributed by atoms with E-state index in [4.69, 9.17) is 0 Å². The molecule has 0 saturated carbocycles. The number of rotatable bonds is 4. The molecule has 0 N–H and O–H groups in total. The number of ketones is 1. The zero-order valence-corrected chi connectivity index (χ0v) is 9.20. The van der Waals surface area contributed by atoms with Crippen LogP contribution >= 0.6 is 11.3 Å².